The molecule has 1 saturated heterocycles. The summed E-state index contributed by atoms with van der Waals surface area (Å²) in [6.07, 6.45) is 0. The molecule has 35 heavy (non-hydrogen) atoms. The Morgan fingerprint density at radius 3 is 2.63 bits per heavy atom. The molecule has 2 N–H and O–H groups in total. The SMILES string of the molecule is CN1C(=O)[C@@H](NC(=O)C(=O)NCc2ccccc2)COc2ccc(C#CCN3CCOCC3)cc21. The van der Waals surface area contributed by atoms with Gasteiger partial charge < -0.3 is 25.0 Å². The number of hydrogen-bond acceptors (Lipinski definition) is 6. The molecule has 9 heteroatoms. The van der Waals surface area contributed by atoms with Crippen molar-refractivity contribution in [3.8, 4) is 17.6 Å². The molecule has 3 amide bonds. The van der Waals surface area contributed by atoms with Crippen molar-refractivity contribution in [3.63, 3.8) is 0 Å². The number of carbonyl (C=O) groups excluding carboxylic acids is 3. The molecule has 0 aromatic heterocycles. The van der Waals surface area contributed by atoms with E-state index in [1.807, 2.05) is 36.4 Å². The second-order valence-electron chi connectivity index (χ2n) is 8.28. The largest absolute Gasteiger partial charge is 0.489 e. The van der Waals surface area contributed by atoms with E-state index >= 15 is 0 Å². The summed E-state index contributed by atoms with van der Waals surface area (Å²) in [5.41, 5.74) is 2.17. The molecule has 0 bridgehead atoms. The Bertz CT molecular complexity index is 1140. The van der Waals surface area contributed by atoms with Crippen LogP contribution in [-0.4, -0.2) is 75.2 Å². The summed E-state index contributed by atoms with van der Waals surface area (Å²) < 4.78 is 11.1. The number of morpholine rings is 1. The number of rotatable bonds is 4. The van der Waals surface area contributed by atoms with Gasteiger partial charge in [-0.3, -0.25) is 19.3 Å². The van der Waals surface area contributed by atoms with Gasteiger partial charge in [0.05, 0.1) is 25.4 Å². The van der Waals surface area contributed by atoms with E-state index in [-0.39, 0.29) is 19.1 Å². The van der Waals surface area contributed by atoms with E-state index < -0.39 is 17.9 Å². The molecular weight excluding hydrogens is 448 g/mol. The number of likely N-dealkylation sites (N-methyl/N-ethyl adjacent to an activating group) is 1. The summed E-state index contributed by atoms with van der Waals surface area (Å²) in [7, 11) is 1.61. The van der Waals surface area contributed by atoms with Crippen LogP contribution in [0, 0.1) is 11.8 Å². The van der Waals surface area contributed by atoms with Gasteiger partial charge in [0.2, 0.25) is 0 Å². The lowest BCUT2D eigenvalue weighted by molar-refractivity contribution is -0.140. The highest BCUT2D eigenvalue weighted by molar-refractivity contribution is 6.35. The van der Waals surface area contributed by atoms with Crippen LogP contribution in [0.1, 0.15) is 11.1 Å². The minimum absolute atomic E-state index is 0.0874. The van der Waals surface area contributed by atoms with Crippen molar-refractivity contribution >= 4 is 23.4 Å². The molecule has 0 aliphatic carbocycles. The molecule has 2 aromatic rings. The summed E-state index contributed by atoms with van der Waals surface area (Å²) in [6, 6.07) is 13.6. The Labute approximate surface area is 204 Å². The van der Waals surface area contributed by atoms with E-state index in [9.17, 15) is 14.4 Å². The average Bonchev–Trinajstić information content (AvgIpc) is 3.00. The predicted molar refractivity (Wildman–Crippen MR) is 130 cm³/mol. The minimum atomic E-state index is -1.00. The van der Waals surface area contributed by atoms with Gasteiger partial charge in [-0.15, -0.1) is 0 Å². The average molecular weight is 477 g/mol. The van der Waals surface area contributed by atoms with Gasteiger partial charge in [-0.25, -0.2) is 0 Å². The number of ether oxygens (including phenoxy) is 2. The van der Waals surface area contributed by atoms with Crippen molar-refractivity contribution in [3.05, 3.63) is 59.7 Å². The highest BCUT2D eigenvalue weighted by atomic mass is 16.5. The summed E-state index contributed by atoms with van der Waals surface area (Å²) in [5.74, 6) is 4.71. The Balaban J connectivity index is 1.36. The molecule has 0 unspecified atom stereocenters. The van der Waals surface area contributed by atoms with Crippen molar-refractivity contribution < 1.29 is 23.9 Å². The van der Waals surface area contributed by atoms with Gasteiger partial charge in [0, 0.05) is 32.2 Å². The third kappa shape index (κ3) is 6.38. The van der Waals surface area contributed by atoms with E-state index in [1.165, 1.54) is 4.90 Å². The van der Waals surface area contributed by atoms with E-state index in [0.717, 1.165) is 37.4 Å². The zero-order valence-corrected chi connectivity index (χ0v) is 19.6. The first kappa shape index (κ1) is 24.3. The van der Waals surface area contributed by atoms with E-state index in [0.29, 0.717) is 18.0 Å². The first-order valence-electron chi connectivity index (χ1n) is 11.5. The molecule has 182 valence electrons. The molecule has 2 aromatic carbocycles. The Kier molecular flexibility index (Phi) is 7.98. The second-order valence-corrected chi connectivity index (χ2v) is 8.28. The van der Waals surface area contributed by atoms with Crippen LogP contribution >= 0.6 is 0 Å². The molecule has 2 heterocycles. The smallest absolute Gasteiger partial charge is 0.310 e. The molecule has 1 fully saturated rings. The molecule has 2 aliphatic heterocycles. The highest BCUT2D eigenvalue weighted by Crippen LogP contribution is 2.31. The van der Waals surface area contributed by atoms with Gasteiger partial charge in [0.15, 0.2) is 0 Å². The van der Waals surface area contributed by atoms with Crippen molar-refractivity contribution in [1.29, 1.82) is 0 Å². The third-order valence-electron chi connectivity index (χ3n) is 5.80. The fourth-order valence-corrected chi connectivity index (χ4v) is 3.77. The topological polar surface area (TPSA) is 100 Å². The normalized spacial score (nSPS) is 17.8. The fraction of sp³-hybridized carbons (Fsp3) is 0.346. The molecule has 9 nitrogen and oxygen atoms in total. The highest BCUT2D eigenvalue weighted by Gasteiger charge is 2.32. The van der Waals surface area contributed by atoms with Crippen LogP contribution in [0.15, 0.2) is 48.5 Å². The lowest BCUT2D eigenvalue weighted by Crippen LogP contribution is -2.52. The molecule has 1 atom stereocenters. The molecule has 4 rings (SSSR count). The van der Waals surface area contributed by atoms with Gasteiger partial charge >= 0.3 is 11.8 Å². The molecule has 0 radical (unpaired) electrons. The van der Waals surface area contributed by atoms with Gasteiger partial charge in [0.25, 0.3) is 5.91 Å². The van der Waals surface area contributed by atoms with Crippen LogP contribution in [0.25, 0.3) is 0 Å². The second kappa shape index (κ2) is 11.5. The number of anilines is 1. The number of nitrogens with one attached hydrogen (secondary N) is 2. The van der Waals surface area contributed by atoms with Crippen molar-refractivity contribution in [2.24, 2.45) is 0 Å². The Hall–Kier alpha value is -3.87. The maximum Gasteiger partial charge on any atom is 0.310 e. The zero-order chi connectivity index (χ0) is 24.6. The van der Waals surface area contributed by atoms with Crippen LogP contribution in [0.2, 0.25) is 0 Å². The first-order chi connectivity index (χ1) is 17.0. The number of benzene rings is 2. The zero-order valence-electron chi connectivity index (χ0n) is 19.6. The van der Waals surface area contributed by atoms with Crippen LogP contribution < -0.4 is 20.3 Å². The van der Waals surface area contributed by atoms with Gasteiger partial charge in [-0.2, -0.15) is 0 Å². The van der Waals surface area contributed by atoms with E-state index in [2.05, 4.69) is 27.4 Å². The van der Waals surface area contributed by atoms with E-state index in [1.54, 1.807) is 19.2 Å². The van der Waals surface area contributed by atoms with Crippen molar-refractivity contribution in [2.45, 2.75) is 12.6 Å². The number of carbonyl (C=O) groups is 3. The van der Waals surface area contributed by atoms with Crippen LogP contribution in [-0.2, 0) is 25.7 Å². The lowest BCUT2D eigenvalue weighted by atomic mass is 10.1. The van der Waals surface area contributed by atoms with Crippen LogP contribution in [0.4, 0.5) is 5.69 Å². The fourth-order valence-electron chi connectivity index (χ4n) is 3.77. The molecule has 0 spiro atoms. The van der Waals surface area contributed by atoms with Crippen molar-refractivity contribution in [2.75, 3.05) is 51.4 Å². The predicted octanol–water partition coefficient (Wildman–Crippen LogP) is 0.527. The number of amides is 3. The van der Waals surface area contributed by atoms with Gasteiger partial charge in [0.1, 0.15) is 18.4 Å². The number of nitrogens with zero attached hydrogens (tertiary/aromatic N) is 2. The van der Waals surface area contributed by atoms with Gasteiger partial charge in [-0.1, -0.05) is 42.2 Å². The van der Waals surface area contributed by atoms with Crippen molar-refractivity contribution in [1.82, 2.24) is 15.5 Å². The van der Waals surface area contributed by atoms with Crippen LogP contribution in [0.5, 0.6) is 5.75 Å². The Morgan fingerprint density at radius 1 is 1.09 bits per heavy atom. The standard InChI is InChI=1S/C26H28N4O5/c1-29-22-16-19(8-5-11-30-12-14-34-15-13-30)9-10-23(22)35-18-21(26(29)33)28-25(32)24(31)27-17-20-6-3-2-4-7-20/h2-4,6-7,9-10,16,21H,11-15,17-18H2,1H3,(H,27,31)(H,28,32)/t21-/m0/s1. The molecule has 0 saturated carbocycles. The quantitative estimate of drug-likeness (QED) is 0.493. The van der Waals surface area contributed by atoms with E-state index in [4.69, 9.17) is 9.47 Å². The van der Waals surface area contributed by atoms with Gasteiger partial charge in [-0.05, 0) is 23.8 Å². The third-order valence-corrected chi connectivity index (χ3v) is 5.80. The number of hydrogen-bond donors (Lipinski definition) is 2. The summed E-state index contributed by atoms with van der Waals surface area (Å²) in [4.78, 5) is 41.3. The summed E-state index contributed by atoms with van der Waals surface area (Å²) in [5, 5.41) is 5.04. The monoisotopic (exact) mass is 476 g/mol. The lowest BCUT2D eigenvalue weighted by Gasteiger charge is -2.24. The summed E-state index contributed by atoms with van der Waals surface area (Å²) >= 11 is 0. The minimum Gasteiger partial charge on any atom is -0.489 e. The summed E-state index contributed by atoms with van der Waals surface area (Å²) in [6.45, 7) is 3.93. The first-order valence-corrected chi connectivity index (χ1v) is 11.5. The maximum absolute atomic E-state index is 13.0. The molecule has 2 aliphatic rings. The Morgan fingerprint density at radius 2 is 1.86 bits per heavy atom. The number of fused-ring (bicyclic) bond motifs is 1. The molecular formula is C26H28N4O5. The van der Waals surface area contributed by atoms with Crippen LogP contribution in [0.3, 0.4) is 0 Å². The maximum atomic E-state index is 13.0.